The summed E-state index contributed by atoms with van der Waals surface area (Å²) in [4.78, 5) is 14.1. The number of hydrogen-bond donors (Lipinski definition) is 3. The highest BCUT2D eigenvalue weighted by Crippen LogP contribution is 2.30. The van der Waals surface area contributed by atoms with E-state index in [1.54, 1.807) is 0 Å². The molecular formula is C13H22N4O. The van der Waals surface area contributed by atoms with Crippen LogP contribution in [0.1, 0.15) is 39.5 Å². The van der Waals surface area contributed by atoms with Crippen LogP contribution in [0, 0.1) is 10.8 Å². The summed E-state index contributed by atoms with van der Waals surface area (Å²) in [6, 6.07) is 0.374. The number of amidine groups is 1. The lowest BCUT2D eigenvalue weighted by Gasteiger charge is -2.33. The van der Waals surface area contributed by atoms with Crippen LogP contribution in [0.25, 0.3) is 0 Å². The Balaban J connectivity index is 2.31. The molecule has 0 aromatic carbocycles. The zero-order valence-electron chi connectivity index (χ0n) is 11.1. The number of nitrogens with two attached hydrogens (primary N) is 1. The lowest BCUT2D eigenvalue weighted by atomic mass is 9.91. The molecule has 1 aliphatic heterocycles. The molecule has 5 nitrogen and oxygen atoms in total. The Morgan fingerprint density at radius 1 is 1.44 bits per heavy atom. The molecule has 2 rings (SSSR count). The summed E-state index contributed by atoms with van der Waals surface area (Å²) >= 11 is 0. The van der Waals surface area contributed by atoms with Crippen LogP contribution >= 0.6 is 0 Å². The third-order valence-corrected chi connectivity index (χ3v) is 3.90. The predicted octanol–water partition coefficient (Wildman–Crippen LogP) is 1.16. The maximum absolute atomic E-state index is 12.1. The molecular weight excluding hydrogens is 228 g/mol. The van der Waals surface area contributed by atoms with Crippen LogP contribution < -0.4 is 11.1 Å². The first kappa shape index (κ1) is 12.9. The minimum absolute atomic E-state index is 0.0653. The van der Waals surface area contributed by atoms with Crippen molar-refractivity contribution in [1.82, 2.24) is 10.2 Å². The Hall–Kier alpha value is -1.52. The van der Waals surface area contributed by atoms with E-state index < -0.39 is 5.41 Å². The van der Waals surface area contributed by atoms with Gasteiger partial charge in [0, 0.05) is 18.8 Å². The predicted molar refractivity (Wildman–Crippen MR) is 70.9 cm³/mol. The Labute approximate surface area is 108 Å². The van der Waals surface area contributed by atoms with Crippen molar-refractivity contribution in [3.63, 3.8) is 0 Å². The van der Waals surface area contributed by atoms with Gasteiger partial charge in [0.2, 0.25) is 5.91 Å². The molecule has 0 bridgehead atoms. The normalized spacial score (nSPS) is 27.4. The van der Waals surface area contributed by atoms with E-state index in [9.17, 15) is 4.79 Å². The van der Waals surface area contributed by atoms with E-state index in [-0.39, 0.29) is 5.91 Å². The molecule has 0 unspecified atom stereocenters. The molecule has 5 heteroatoms. The summed E-state index contributed by atoms with van der Waals surface area (Å²) < 4.78 is 0. The highest BCUT2D eigenvalue weighted by Gasteiger charge is 2.39. The van der Waals surface area contributed by atoms with E-state index >= 15 is 0 Å². The van der Waals surface area contributed by atoms with Crippen LogP contribution in [0.3, 0.4) is 0 Å². The Morgan fingerprint density at radius 3 is 2.61 bits per heavy atom. The highest BCUT2D eigenvalue weighted by molar-refractivity contribution is 6.02. The van der Waals surface area contributed by atoms with Crippen molar-refractivity contribution in [3.05, 3.63) is 11.9 Å². The first-order chi connectivity index (χ1) is 8.45. The molecule has 0 spiro atoms. The van der Waals surface area contributed by atoms with Gasteiger partial charge in [0.1, 0.15) is 5.84 Å². The zero-order chi connectivity index (χ0) is 13.3. The van der Waals surface area contributed by atoms with Gasteiger partial charge in [0.15, 0.2) is 0 Å². The second-order valence-electron chi connectivity index (χ2n) is 5.83. The standard InChI is InChI=1S/C13H22N4O/c1-13(2)8-17(9-5-3-4-6-9)11(15)10(7-14)16-12(13)18/h7,9,15H,3-6,8,14H2,1-2H3,(H,16,18). The average Bonchev–Trinajstić information content (AvgIpc) is 2.82. The van der Waals surface area contributed by atoms with Crippen LogP contribution in [-0.2, 0) is 4.79 Å². The van der Waals surface area contributed by atoms with E-state index in [4.69, 9.17) is 11.1 Å². The van der Waals surface area contributed by atoms with Crippen molar-refractivity contribution < 1.29 is 4.79 Å². The number of nitrogens with zero attached hydrogens (tertiary/aromatic N) is 1. The van der Waals surface area contributed by atoms with Crippen molar-refractivity contribution in [3.8, 4) is 0 Å². The quantitative estimate of drug-likeness (QED) is 0.653. The minimum Gasteiger partial charge on any atom is -0.403 e. The van der Waals surface area contributed by atoms with E-state index in [0.29, 0.717) is 24.1 Å². The molecule has 0 aromatic heterocycles. The molecule has 18 heavy (non-hydrogen) atoms. The van der Waals surface area contributed by atoms with Crippen molar-refractivity contribution in [1.29, 1.82) is 5.41 Å². The summed E-state index contributed by atoms with van der Waals surface area (Å²) in [6.07, 6.45) is 5.94. The Morgan fingerprint density at radius 2 is 2.06 bits per heavy atom. The number of nitrogens with one attached hydrogen (secondary N) is 2. The fourth-order valence-electron chi connectivity index (χ4n) is 2.73. The maximum Gasteiger partial charge on any atom is 0.231 e. The molecule has 1 saturated carbocycles. The van der Waals surface area contributed by atoms with Crippen LogP contribution in [0.4, 0.5) is 0 Å². The summed E-state index contributed by atoms with van der Waals surface area (Å²) in [5, 5.41) is 11.0. The van der Waals surface area contributed by atoms with Gasteiger partial charge in [-0.3, -0.25) is 10.2 Å². The number of hydrogen-bond acceptors (Lipinski definition) is 3. The van der Waals surface area contributed by atoms with Crippen molar-refractivity contribution in [2.75, 3.05) is 6.54 Å². The van der Waals surface area contributed by atoms with Gasteiger partial charge in [-0.15, -0.1) is 0 Å². The number of rotatable bonds is 1. The third-order valence-electron chi connectivity index (χ3n) is 3.90. The van der Waals surface area contributed by atoms with E-state index in [1.165, 1.54) is 19.0 Å². The van der Waals surface area contributed by atoms with Gasteiger partial charge >= 0.3 is 0 Å². The Bertz CT molecular complexity index is 394. The average molecular weight is 250 g/mol. The summed E-state index contributed by atoms with van der Waals surface area (Å²) in [7, 11) is 0. The maximum atomic E-state index is 12.1. The lowest BCUT2D eigenvalue weighted by molar-refractivity contribution is -0.128. The molecule has 100 valence electrons. The molecule has 2 fully saturated rings. The van der Waals surface area contributed by atoms with Crippen molar-refractivity contribution >= 4 is 11.7 Å². The molecule has 0 aromatic rings. The summed E-state index contributed by atoms with van der Waals surface area (Å²) in [6.45, 7) is 4.41. The van der Waals surface area contributed by atoms with Crippen molar-refractivity contribution in [2.24, 2.45) is 11.1 Å². The molecule has 1 aliphatic carbocycles. The number of carbonyl (C=O) groups excluding carboxylic acids is 1. The van der Waals surface area contributed by atoms with Crippen LogP contribution in [0.2, 0.25) is 0 Å². The molecule has 1 saturated heterocycles. The van der Waals surface area contributed by atoms with Gasteiger partial charge in [-0.2, -0.15) is 0 Å². The molecule has 1 amide bonds. The smallest absolute Gasteiger partial charge is 0.231 e. The summed E-state index contributed by atoms with van der Waals surface area (Å²) in [5.74, 6) is 0.285. The number of amides is 1. The van der Waals surface area contributed by atoms with E-state index in [1.807, 2.05) is 18.7 Å². The second kappa shape index (κ2) is 4.63. The van der Waals surface area contributed by atoms with Crippen LogP contribution in [-0.4, -0.2) is 29.2 Å². The molecule has 4 N–H and O–H groups in total. The van der Waals surface area contributed by atoms with E-state index in [0.717, 1.165) is 12.8 Å². The third kappa shape index (κ3) is 2.21. The first-order valence-electron chi connectivity index (χ1n) is 6.54. The highest BCUT2D eigenvalue weighted by atomic mass is 16.2. The van der Waals surface area contributed by atoms with Gasteiger partial charge in [-0.05, 0) is 26.7 Å². The fraction of sp³-hybridized carbons (Fsp3) is 0.692. The second-order valence-corrected chi connectivity index (χ2v) is 5.83. The first-order valence-corrected chi connectivity index (χ1v) is 6.54. The van der Waals surface area contributed by atoms with E-state index in [2.05, 4.69) is 5.32 Å². The minimum atomic E-state index is -0.500. The monoisotopic (exact) mass is 250 g/mol. The van der Waals surface area contributed by atoms with Gasteiger partial charge in [-0.25, -0.2) is 0 Å². The molecule has 2 aliphatic rings. The van der Waals surface area contributed by atoms with Gasteiger partial charge in [0.05, 0.1) is 11.1 Å². The largest absolute Gasteiger partial charge is 0.403 e. The Kier molecular flexibility index (Phi) is 3.32. The summed E-state index contributed by atoms with van der Waals surface area (Å²) in [5.41, 5.74) is 5.46. The van der Waals surface area contributed by atoms with Crippen LogP contribution in [0.15, 0.2) is 11.9 Å². The molecule has 1 heterocycles. The van der Waals surface area contributed by atoms with Crippen molar-refractivity contribution in [2.45, 2.75) is 45.6 Å². The fourth-order valence-corrected chi connectivity index (χ4v) is 2.73. The SMILES string of the molecule is CC1(C)CN(C2CCCC2)C(=N)C(=CN)NC1=O. The van der Waals surface area contributed by atoms with Gasteiger partial charge < -0.3 is 16.0 Å². The molecule has 0 radical (unpaired) electrons. The van der Waals surface area contributed by atoms with Gasteiger partial charge in [0.25, 0.3) is 0 Å². The molecule has 0 atom stereocenters. The lowest BCUT2D eigenvalue weighted by Crippen LogP contribution is -2.44. The zero-order valence-corrected chi connectivity index (χ0v) is 11.1. The van der Waals surface area contributed by atoms with Crippen LogP contribution in [0.5, 0.6) is 0 Å². The number of carbonyl (C=O) groups is 1. The van der Waals surface area contributed by atoms with Gasteiger partial charge in [-0.1, -0.05) is 12.8 Å². The topological polar surface area (TPSA) is 82.2 Å².